The van der Waals surface area contributed by atoms with Crippen molar-refractivity contribution < 1.29 is 9.15 Å². The Morgan fingerprint density at radius 1 is 1.33 bits per heavy atom. The number of ether oxygens (including phenoxy) is 1. The van der Waals surface area contributed by atoms with Crippen molar-refractivity contribution in [2.24, 2.45) is 0 Å². The van der Waals surface area contributed by atoms with Gasteiger partial charge in [0.1, 0.15) is 5.75 Å². The van der Waals surface area contributed by atoms with Gasteiger partial charge in [0.25, 0.3) is 0 Å². The number of hydrogen-bond donors (Lipinski definition) is 1. The van der Waals surface area contributed by atoms with Crippen LogP contribution in [0.2, 0.25) is 0 Å². The van der Waals surface area contributed by atoms with Crippen LogP contribution >= 0.6 is 15.9 Å². The van der Waals surface area contributed by atoms with Crippen LogP contribution in [-0.4, -0.2) is 29.9 Å². The lowest BCUT2D eigenvalue weighted by molar-refractivity contribution is 0.412. The summed E-state index contributed by atoms with van der Waals surface area (Å²) in [5.74, 6) is 1.98. The molecule has 0 aliphatic rings. The first-order valence-corrected chi connectivity index (χ1v) is 7.79. The van der Waals surface area contributed by atoms with Gasteiger partial charge in [-0.3, -0.25) is 0 Å². The molecule has 6 heteroatoms. The number of nitrogens with zero attached hydrogens (tertiary/aromatic N) is 2. The van der Waals surface area contributed by atoms with Crippen molar-refractivity contribution in [3.05, 3.63) is 28.6 Å². The highest BCUT2D eigenvalue weighted by atomic mass is 79.9. The molecule has 0 aliphatic heterocycles. The number of aromatic nitrogens is 2. The number of aryl methyl sites for hydroxylation is 1. The second kappa shape index (κ2) is 7.56. The number of rotatable bonds is 7. The number of methoxy groups -OCH3 is 1. The van der Waals surface area contributed by atoms with E-state index in [9.17, 15) is 0 Å². The molecule has 0 fully saturated rings. The molecule has 114 valence electrons. The van der Waals surface area contributed by atoms with Crippen molar-refractivity contribution in [2.45, 2.75) is 32.7 Å². The fourth-order valence-electron chi connectivity index (χ4n) is 1.90. The molecule has 0 bridgehead atoms. The van der Waals surface area contributed by atoms with E-state index < -0.39 is 0 Å². The molecule has 0 saturated carbocycles. The molecule has 1 heterocycles. The van der Waals surface area contributed by atoms with Crippen LogP contribution in [-0.2, 0) is 6.42 Å². The molecule has 21 heavy (non-hydrogen) atoms. The average Bonchev–Trinajstić information content (AvgIpc) is 2.92. The molecule has 1 N–H and O–H groups in total. The van der Waals surface area contributed by atoms with Gasteiger partial charge in [-0.1, -0.05) is 13.8 Å². The molecule has 0 unspecified atom stereocenters. The monoisotopic (exact) mass is 353 g/mol. The van der Waals surface area contributed by atoms with Gasteiger partial charge < -0.3 is 14.5 Å². The fourth-order valence-corrected chi connectivity index (χ4v) is 2.44. The average molecular weight is 354 g/mol. The van der Waals surface area contributed by atoms with Crippen LogP contribution in [0, 0.1) is 0 Å². The van der Waals surface area contributed by atoms with Crippen molar-refractivity contribution in [1.29, 1.82) is 0 Å². The highest BCUT2D eigenvalue weighted by molar-refractivity contribution is 9.10. The third-order valence-corrected chi connectivity index (χ3v) is 3.61. The molecule has 1 aromatic heterocycles. The van der Waals surface area contributed by atoms with Gasteiger partial charge in [0.05, 0.1) is 11.6 Å². The molecule has 5 nitrogen and oxygen atoms in total. The maximum absolute atomic E-state index is 5.69. The lowest BCUT2D eigenvalue weighted by atomic mass is 10.2. The topological polar surface area (TPSA) is 60.2 Å². The molecule has 0 amide bonds. The maximum Gasteiger partial charge on any atom is 0.247 e. The third kappa shape index (κ3) is 4.54. The van der Waals surface area contributed by atoms with E-state index in [1.807, 2.05) is 18.2 Å². The Kier molecular flexibility index (Phi) is 5.76. The van der Waals surface area contributed by atoms with Gasteiger partial charge >= 0.3 is 0 Å². The van der Waals surface area contributed by atoms with Crippen LogP contribution in [0.15, 0.2) is 27.1 Å². The first-order valence-electron chi connectivity index (χ1n) is 7.00. The van der Waals surface area contributed by atoms with Crippen molar-refractivity contribution in [3.63, 3.8) is 0 Å². The minimum absolute atomic E-state index is 0.500. The van der Waals surface area contributed by atoms with Gasteiger partial charge in [0.2, 0.25) is 11.8 Å². The summed E-state index contributed by atoms with van der Waals surface area (Å²) in [6.07, 6.45) is 1.76. The fraction of sp³-hybridized carbons (Fsp3) is 0.467. The van der Waals surface area contributed by atoms with Gasteiger partial charge in [0.15, 0.2) is 0 Å². The summed E-state index contributed by atoms with van der Waals surface area (Å²) in [4.78, 5) is 0. The largest absolute Gasteiger partial charge is 0.496 e. The Balaban J connectivity index is 1.97. The normalized spacial score (nSPS) is 11.1. The molecule has 0 saturated heterocycles. The second-order valence-electron chi connectivity index (χ2n) is 5.06. The van der Waals surface area contributed by atoms with E-state index >= 15 is 0 Å². The molecular formula is C15H20BrN3O2. The summed E-state index contributed by atoms with van der Waals surface area (Å²) in [6.45, 7) is 5.21. The Morgan fingerprint density at radius 3 is 2.81 bits per heavy atom. The Hall–Kier alpha value is -1.40. The smallest absolute Gasteiger partial charge is 0.247 e. The van der Waals surface area contributed by atoms with Gasteiger partial charge in [-0.15, -0.1) is 10.2 Å². The Bertz CT molecular complexity index is 584. The number of halogens is 1. The number of benzene rings is 1. The van der Waals surface area contributed by atoms with Crippen LogP contribution in [0.25, 0.3) is 11.5 Å². The van der Waals surface area contributed by atoms with Crippen LogP contribution < -0.4 is 10.1 Å². The summed E-state index contributed by atoms with van der Waals surface area (Å²) >= 11 is 3.45. The highest BCUT2D eigenvalue weighted by Gasteiger charge is 2.10. The number of hydrogen-bond acceptors (Lipinski definition) is 5. The van der Waals surface area contributed by atoms with Crippen LogP contribution in [0.5, 0.6) is 5.75 Å². The standard InChI is InChI=1S/C15H20BrN3O2/c1-10(2)17-8-4-5-14-18-19-15(21-14)11-6-7-13(20-3)12(16)9-11/h6-7,9-10,17H,4-5,8H2,1-3H3. The van der Waals surface area contributed by atoms with Crippen LogP contribution in [0.3, 0.4) is 0 Å². The first kappa shape index (κ1) is 16.0. The quantitative estimate of drug-likeness (QED) is 0.772. The Morgan fingerprint density at radius 2 is 2.14 bits per heavy atom. The third-order valence-electron chi connectivity index (χ3n) is 2.99. The second-order valence-corrected chi connectivity index (χ2v) is 5.92. The van der Waals surface area contributed by atoms with E-state index in [2.05, 4.69) is 45.3 Å². The highest BCUT2D eigenvalue weighted by Crippen LogP contribution is 2.29. The molecule has 0 atom stereocenters. The maximum atomic E-state index is 5.69. The summed E-state index contributed by atoms with van der Waals surface area (Å²) in [5.41, 5.74) is 0.877. The van der Waals surface area contributed by atoms with E-state index in [1.54, 1.807) is 7.11 Å². The van der Waals surface area contributed by atoms with Gasteiger partial charge in [0, 0.05) is 18.0 Å². The molecule has 2 aromatic rings. The van der Waals surface area contributed by atoms with Crippen LogP contribution in [0.1, 0.15) is 26.2 Å². The molecular weight excluding hydrogens is 334 g/mol. The molecule has 0 aliphatic carbocycles. The molecule has 0 radical (unpaired) electrons. The minimum atomic E-state index is 0.500. The van der Waals surface area contributed by atoms with Crippen LogP contribution in [0.4, 0.5) is 0 Å². The zero-order valence-corrected chi connectivity index (χ0v) is 14.1. The lowest BCUT2D eigenvalue weighted by Gasteiger charge is -2.05. The van der Waals surface area contributed by atoms with E-state index in [0.717, 1.165) is 35.2 Å². The first-order chi connectivity index (χ1) is 10.1. The lowest BCUT2D eigenvalue weighted by Crippen LogP contribution is -2.23. The van der Waals surface area contributed by atoms with Gasteiger partial charge in [-0.2, -0.15) is 0 Å². The SMILES string of the molecule is COc1ccc(-c2nnc(CCCNC(C)C)o2)cc1Br. The van der Waals surface area contributed by atoms with E-state index in [0.29, 0.717) is 17.8 Å². The predicted molar refractivity (Wildman–Crippen MR) is 85.4 cm³/mol. The summed E-state index contributed by atoms with van der Waals surface area (Å²) in [5, 5.41) is 11.6. The summed E-state index contributed by atoms with van der Waals surface area (Å²) in [7, 11) is 1.63. The zero-order valence-electron chi connectivity index (χ0n) is 12.5. The van der Waals surface area contributed by atoms with E-state index in [-0.39, 0.29) is 0 Å². The van der Waals surface area contributed by atoms with Crippen molar-refractivity contribution in [2.75, 3.05) is 13.7 Å². The predicted octanol–water partition coefficient (Wildman–Crippen LogP) is 3.44. The van der Waals surface area contributed by atoms with Gasteiger partial charge in [-0.05, 0) is 47.1 Å². The van der Waals surface area contributed by atoms with Crippen molar-refractivity contribution in [3.8, 4) is 17.2 Å². The summed E-state index contributed by atoms with van der Waals surface area (Å²) < 4.78 is 11.8. The summed E-state index contributed by atoms with van der Waals surface area (Å²) in [6, 6.07) is 6.19. The molecule has 1 aromatic carbocycles. The van der Waals surface area contributed by atoms with Crippen molar-refractivity contribution in [1.82, 2.24) is 15.5 Å². The van der Waals surface area contributed by atoms with Gasteiger partial charge in [-0.25, -0.2) is 0 Å². The zero-order chi connectivity index (χ0) is 15.2. The van der Waals surface area contributed by atoms with E-state index in [4.69, 9.17) is 9.15 Å². The Labute approximate surface area is 133 Å². The number of nitrogens with one attached hydrogen (secondary N) is 1. The minimum Gasteiger partial charge on any atom is -0.496 e. The molecule has 2 rings (SSSR count). The molecule has 0 spiro atoms. The van der Waals surface area contributed by atoms with Crippen molar-refractivity contribution >= 4 is 15.9 Å². The van der Waals surface area contributed by atoms with E-state index in [1.165, 1.54) is 0 Å².